The Morgan fingerprint density at radius 2 is 1.31 bits per heavy atom. The Balaban J connectivity index is 0. The quantitative estimate of drug-likeness (QED) is 0.368. The molecule has 0 amide bonds. The third kappa shape index (κ3) is 5.93. The summed E-state index contributed by atoms with van der Waals surface area (Å²) < 4.78 is 0. The van der Waals surface area contributed by atoms with Gasteiger partial charge in [0.25, 0.3) is 0 Å². The standard InChI is InChI=1S/C8H6O4.K.HNO2/c9-7(10)5-3-1-2-4-6(5)8(11)12;;2-1-3/h1-4H,(H,9,10)(H,11,12);;(H,2,3)/q;+1;/p-1. The number of hydrogen-bond donors (Lipinski definition) is 2. The second-order valence-electron chi connectivity index (χ2n) is 2.23. The van der Waals surface area contributed by atoms with E-state index in [1.54, 1.807) is 0 Å². The molecular weight excluding hydrogens is 245 g/mol. The molecule has 0 atom stereocenters. The van der Waals surface area contributed by atoms with Crippen LogP contribution in [0.25, 0.3) is 0 Å². The summed E-state index contributed by atoms with van der Waals surface area (Å²) in [5.74, 6) is -2.46. The fourth-order valence-electron chi connectivity index (χ4n) is 0.856. The topological polar surface area (TPSA) is 127 Å². The molecule has 0 saturated carbocycles. The van der Waals surface area contributed by atoms with Crippen molar-refractivity contribution in [1.29, 1.82) is 0 Å². The molecule has 0 fully saturated rings. The summed E-state index contributed by atoms with van der Waals surface area (Å²) >= 11 is 0. The fraction of sp³-hybridized carbons (Fsp3) is 0. The van der Waals surface area contributed by atoms with Crippen molar-refractivity contribution in [1.82, 2.24) is 0 Å². The van der Waals surface area contributed by atoms with E-state index >= 15 is 0 Å². The average molecular weight is 251 g/mol. The van der Waals surface area contributed by atoms with Crippen molar-refractivity contribution < 1.29 is 71.2 Å². The van der Waals surface area contributed by atoms with Crippen LogP contribution in [-0.4, -0.2) is 22.2 Å². The van der Waals surface area contributed by atoms with Gasteiger partial charge in [0.15, 0.2) is 0 Å². The van der Waals surface area contributed by atoms with Crippen LogP contribution in [0.5, 0.6) is 0 Å². The molecule has 0 bridgehead atoms. The Bertz CT molecular complexity index is 348. The fourth-order valence-corrected chi connectivity index (χ4v) is 0.856. The molecule has 0 aliphatic heterocycles. The largest absolute Gasteiger partial charge is 1.00 e. The summed E-state index contributed by atoms with van der Waals surface area (Å²) in [6.07, 6.45) is 0. The van der Waals surface area contributed by atoms with Crippen molar-refractivity contribution in [2.24, 2.45) is 5.34 Å². The Labute approximate surface area is 132 Å². The molecule has 1 rings (SSSR count). The van der Waals surface area contributed by atoms with Crippen LogP contribution in [0.1, 0.15) is 20.7 Å². The van der Waals surface area contributed by atoms with Crippen LogP contribution in [0.3, 0.4) is 0 Å². The van der Waals surface area contributed by atoms with E-state index in [1.807, 2.05) is 0 Å². The number of aromatic carboxylic acids is 2. The van der Waals surface area contributed by atoms with Gasteiger partial charge >= 0.3 is 63.3 Å². The van der Waals surface area contributed by atoms with Crippen molar-refractivity contribution in [2.45, 2.75) is 0 Å². The maximum Gasteiger partial charge on any atom is 1.00 e. The SMILES string of the molecule is O=C(O)c1ccccc1C(=O)O.O=N[O-].[K+]. The number of rotatable bonds is 2. The van der Waals surface area contributed by atoms with Crippen molar-refractivity contribution in [3.63, 3.8) is 0 Å². The van der Waals surface area contributed by atoms with Crippen molar-refractivity contribution >= 4 is 11.9 Å². The Morgan fingerprint density at radius 3 is 1.50 bits per heavy atom. The van der Waals surface area contributed by atoms with Gasteiger partial charge in [0, 0.05) is 0 Å². The molecule has 0 aliphatic rings. The minimum atomic E-state index is -1.23. The van der Waals surface area contributed by atoms with Crippen LogP contribution in [0.4, 0.5) is 0 Å². The number of hydrogen-bond acceptors (Lipinski definition) is 5. The summed E-state index contributed by atoms with van der Waals surface area (Å²) in [4.78, 5) is 28.9. The van der Waals surface area contributed by atoms with Gasteiger partial charge in [0.05, 0.1) is 11.1 Å². The zero-order chi connectivity index (χ0) is 11.8. The smallest absolute Gasteiger partial charge is 0.478 e. The van der Waals surface area contributed by atoms with E-state index in [0.29, 0.717) is 0 Å². The monoisotopic (exact) mass is 251 g/mol. The first-order valence-electron chi connectivity index (χ1n) is 3.55. The number of carboxylic acid groups (broad SMARTS) is 2. The van der Waals surface area contributed by atoms with Gasteiger partial charge in [0.2, 0.25) is 0 Å². The summed E-state index contributed by atoms with van der Waals surface area (Å²) in [6, 6.07) is 5.48. The molecule has 0 spiro atoms. The molecule has 0 aliphatic carbocycles. The van der Waals surface area contributed by atoms with Gasteiger partial charge in [-0.15, -0.1) is 5.34 Å². The van der Waals surface area contributed by atoms with Crippen LogP contribution in [-0.2, 0) is 0 Å². The maximum absolute atomic E-state index is 10.5. The average Bonchev–Trinajstić information content (AvgIpc) is 2.19. The number of nitrogens with zero attached hydrogens (tertiary/aromatic N) is 1. The maximum atomic E-state index is 10.5. The Kier molecular flexibility index (Phi) is 10.4. The predicted octanol–water partition coefficient (Wildman–Crippen LogP) is -1.66. The number of benzene rings is 1. The molecular formula is C8H6KNO6. The van der Waals surface area contributed by atoms with Gasteiger partial charge in [-0.25, -0.2) is 9.59 Å². The second-order valence-corrected chi connectivity index (χ2v) is 2.23. The van der Waals surface area contributed by atoms with E-state index in [2.05, 4.69) is 0 Å². The van der Waals surface area contributed by atoms with Gasteiger partial charge in [-0.3, -0.25) is 0 Å². The zero-order valence-electron chi connectivity index (χ0n) is 8.28. The van der Waals surface area contributed by atoms with E-state index in [4.69, 9.17) is 20.3 Å². The van der Waals surface area contributed by atoms with E-state index in [0.717, 1.165) is 5.34 Å². The summed E-state index contributed by atoms with van der Waals surface area (Å²) in [7, 11) is 0. The van der Waals surface area contributed by atoms with E-state index in [1.165, 1.54) is 24.3 Å². The summed E-state index contributed by atoms with van der Waals surface area (Å²) in [5, 5.41) is 26.1. The van der Waals surface area contributed by atoms with Crippen LogP contribution < -0.4 is 51.4 Å². The molecule has 0 heterocycles. The minimum absolute atomic E-state index is 0. The third-order valence-electron chi connectivity index (χ3n) is 1.39. The van der Waals surface area contributed by atoms with Gasteiger partial charge in [-0.1, -0.05) is 12.1 Å². The first-order chi connectivity index (χ1) is 7.04. The molecule has 1 aromatic carbocycles. The zero-order valence-corrected chi connectivity index (χ0v) is 11.4. The van der Waals surface area contributed by atoms with Crippen molar-refractivity contribution in [3.8, 4) is 0 Å². The normalized spacial score (nSPS) is 7.75. The van der Waals surface area contributed by atoms with Gasteiger partial charge in [-0.2, -0.15) is 0 Å². The molecule has 80 valence electrons. The van der Waals surface area contributed by atoms with E-state index < -0.39 is 11.9 Å². The Morgan fingerprint density at radius 1 is 1.06 bits per heavy atom. The first kappa shape index (κ1) is 17.6. The number of carboxylic acids is 2. The first-order valence-corrected chi connectivity index (χ1v) is 3.55. The molecule has 0 saturated heterocycles. The third-order valence-corrected chi connectivity index (χ3v) is 1.39. The minimum Gasteiger partial charge on any atom is -0.478 e. The molecule has 0 aromatic heterocycles. The van der Waals surface area contributed by atoms with Crippen LogP contribution in [0.15, 0.2) is 29.6 Å². The molecule has 0 unspecified atom stereocenters. The van der Waals surface area contributed by atoms with E-state index in [9.17, 15) is 9.59 Å². The van der Waals surface area contributed by atoms with E-state index in [-0.39, 0.29) is 62.5 Å². The second kappa shape index (κ2) is 9.42. The van der Waals surface area contributed by atoms with Crippen LogP contribution >= 0.6 is 0 Å². The van der Waals surface area contributed by atoms with Gasteiger partial charge < -0.3 is 20.3 Å². The van der Waals surface area contributed by atoms with Crippen molar-refractivity contribution in [3.05, 3.63) is 45.5 Å². The van der Waals surface area contributed by atoms with Gasteiger partial charge in [0.1, 0.15) is 0 Å². The predicted molar refractivity (Wildman–Crippen MR) is 49.5 cm³/mol. The van der Waals surface area contributed by atoms with Crippen LogP contribution in [0.2, 0.25) is 0 Å². The molecule has 1 aromatic rings. The molecule has 8 heteroatoms. The summed E-state index contributed by atoms with van der Waals surface area (Å²) in [5.41, 5.74) is -0.380. The van der Waals surface area contributed by atoms with Crippen molar-refractivity contribution in [2.75, 3.05) is 0 Å². The van der Waals surface area contributed by atoms with Gasteiger partial charge in [-0.05, 0) is 12.1 Å². The molecule has 16 heavy (non-hydrogen) atoms. The molecule has 0 radical (unpaired) electrons. The molecule has 2 N–H and O–H groups in total. The molecule has 7 nitrogen and oxygen atoms in total. The summed E-state index contributed by atoms with van der Waals surface area (Å²) in [6.45, 7) is 0. The van der Waals surface area contributed by atoms with Crippen LogP contribution in [0, 0.1) is 10.1 Å². The number of carbonyl (C=O) groups is 2. The Hall–Kier alpha value is -0.804.